The minimum atomic E-state index is -0.223. The third-order valence-electron chi connectivity index (χ3n) is 17.1. The highest BCUT2D eigenvalue weighted by Gasteiger charge is 2.28. The van der Waals surface area contributed by atoms with Gasteiger partial charge in [0.1, 0.15) is 69.0 Å². The summed E-state index contributed by atoms with van der Waals surface area (Å²) in [5.74, 6) is 10.8. The van der Waals surface area contributed by atoms with Crippen LogP contribution in [0.2, 0.25) is 0 Å². The maximum atomic E-state index is 6.56. The largest absolute Gasteiger partial charge is 0.493 e. The molecule has 8 heteroatoms. The summed E-state index contributed by atoms with van der Waals surface area (Å²) in [5.41, 5.74) is 24.9. The predicted molar refractivity (Wildman–Crippen MR) is 371 cm³/mol. The highest BCUT2D eigenvalue weighted by atomic mass is 16.5. The van der Waals surface area contributed by atoms with Gasteiger partial charge in [-0.25, -0.2) is 0 Å². The molecule has 0 radical (unpaired) electrons. The highest BCUT2D eigenvalue weighted by Crippen LogP contribution is 2.45. The Kier molecular flexibility index (Phi) is 22.9. The summed E-state index contributed by atoms with van der Waals surface area (Å²) in [5, 5.41) is 0. The molecule has 0 atom stereocenters. The molecule has 0 amide bonds. The van der Waals surface area contributed by atoms with Crippen LogP contribution in [0.25, 0.3) is 11.1 Å². The first kappa shape index (κ1) is 68.6. The van der Waals surface area contributed by atoms with Crippen molar-refractivity contribution >= 4 is 0 Å². The molecule has 0 fully saturated rings. The molecule has 0 aliphatic rings. The zero-order valence-electron chi connectivity index (χ0n) is 58.5. The van der Waals surface area contributed by atoms with Crippen molar-refractivity contribution in [1.29, 1.82) is 0 Å². The number of hydrogen-bond donors (Lipinski definition) is 0. The van der Waals surface area contributed by atoms with Gasteiger partial charge in [-0.15, -0.1) is 0 Å². The molecule has 0 aliphatic carbocycles. The van der Waals surface area contributed by atoms with Gasteiger partial charge in [0.05, 0.1) is 26.4 Å². The van der Waals surface area contributed by atoms with Crippen molar-refractivity contribution in [3.63, 3.8) is 0 Å². The van der Waals surface area contributed by atoms with Crippen molar-refractivity contribution in [3.05, 3.63) is 196 Å². The molecule has 0 aliphatic heterocycles. The fraction of sp³-hybridized carbons (Fsp3) is 0.407. The Bertz CT molecular complexity index is 3470. The van der Waals surface area contributed by atoms with E-state index in [1.54, 1.807) is 0 Å². The van der Waals surface area contributed by atoms with Gasteiger partial charge in [0.25, 0.3) is 0 Å². The third-order valence-corrected chi connectivity index (χ3v) is 17.1. The second-order valence-corrected chi connectivity index (χ2v) is 25.5. The van der Waals surface area contributed by atoms with Crippen LogP contribution in [0.15, 0.2) is 84.9 Å². The number of aryl methyl sites for hydroxylation is 14. The molecule has 89 heavy (non-hydrogen) atoms. The van der Waals surface area contributed by atoms with E-state index in [0.29, 0.717) is 26.4 Å². The summed E-state index contributed by atoms with van der Waals surface area (Å²) < 4.78 is 50.1. The SMILES string of the molecule is CCCOc1c(C)cc(Oc2c(C)cc(-c3cc(C)c(Oc4cc(C)c(OCCC)c(C)c4)c(C)c3C)c(C)c2C)cc1C.CCCOc1c(C)cc(Oc2c(C)cc(C(C)(C)c3cc(C)c(Oc4cc(C)c(OCCC)c(C)c4)c(C)c3)cc2C)cc1C. The Morgan fingerprint density at radius 2 is 0.427 bits per heavy atom. The third kappa shape index (κ3) is 15.8. The molecule has 0 unspecified atom stereocenters. The van der Waals surface area contributed by atoms with Crippen molar-refractivity contribution in [3.8, 4) is 80.1 Å². The van der Waals surface area contributed by atoms with Crippen LogP contribution in [0.4, 0.5) is 0 Å². The van der Waals surface area contributed by atoms with Gasteiger partial charge in [0.2, 0.25) is 0 Å². The summed E-state index contributed by atoms with van der Waals surface area (Å²) in [4.78, 5) is 0. The molecule has 0 saturated carbocycles. The van der Waals surface area contributed by atoms with Gasteiger partial charge in [0, 0.05) is 5.41 Å². The van der Waals surface area contributed by atoms with Gasteiger partial charge >= 0.3 is 0 Å². The topological polar surface area (TPSA) is 73.8 Å². The fourth-order valence-electron chi connectivity index (χ4n) is 12.2. The Morgan fingerprint density at radius 3 is 0.640 bits per heavy atom. The van der Waals surface area contributed by atoms with Gasteiger partial charge in [0.15, 0.2) is 0 Å². The molecule has 8 nitrogen and oxygen atoms in total. The van der Waals surface area contributed by atoms with Gasteiger partial charge < -0.3 is 37.9 Å². The maximum Gasteiger partial charge on any atom is 0.133 e. The lowest BCUT2D eigenvalue weighted by Crippen LogP contribution is -2.20. The Hall–Kier alpha value is -7.84. The maximum absolute atomic E-state index is 6.56. The van der Waals surface area contributed by atoms with Gasteiger partial charge in [-0.2, -0.15) is 0 Å². The Morgan fingerprint density at radius 1 is 0.236 bits per heavy atom. The van der Waals surface area contributed by atoms with Gasteiger partial charge in [-0.3, -0.25) is 0 Å². The van der Waals surface area contributed by atoms with Crippen molar-refractivity contribution in [2.45, 2.75) is 197 Å². The van der Waals surface area contributed by atoms with E-state index in [-0.39, 0.29) is 5.41 Å². The second-order valence-electron chi connectivity index (χ2n) is 25.5. The summed E-state index contributed by atoms with van der Waals surface area (Å²) in [6.07, 6.45) is 3.94. The first-order valence-electron chi connectivity index (χ1n) is 32.3. The average Bonchev–Trinajstić information content (AvgIpc) is 1.13. The molecular weight excluding hydrogens is 1100 g/mol. The summed E-state index contributed by atoms with van der Waals surface area (Å²) in [6.45, 7) is 54.1. The van der Waals surface area contributed by atoms with Crippen LogP contribution in [0.3, 0.4) is 0 Å². The minimum absolute atomic E-state index is 0.223. The molecule has 474 valence electrons. The lowest BCUT2D eigenvalue weighted by Gasteiger charge is -2.29. The summed E-state index contributed by atoms with van der Waals surface area (Å²) in [7, 11) is 0. The lowest BCUT2D eigenvalue weighted by atomic mass is 9.76. The highest BCUT2D eigenvalue weighted by molar-refractivity contribution is 5.77. The predicted octanol–water partition coefficient (Wildman–Crippen LogP) is 23.2. The van der Waals surface area contributed by atoms with Crippen LogP contribution in [0.5, 0.6) is 69.0 Å². The number of hydrogen-bond acceptors (Lipinski definition) is 8. The molecule has 0 bridgehead atoms. The van der Waals surface area contributed by atoms with Crippen molar-refractivity contribution in [1.82, 2.24) is 0 Å². The summed E-state index contributed by atoms with van der Waals surface area (Å²) >= 11 is 0. The van der Waals surface area contributed by atoms with Gasteiger partial charge in [-0.05, 0) is 333 Å². The Balaban J connectivity index is 0.000000254. The Labute approximate surface area is 535 Å². The first-order chi connectivity index (χ1) is 42.1. The summed E-state index contributed by atoms with van der Waals surface area (Å²) in [6, 6.07) is 30.2. The van der Waals surface area contributed by atoms with Crippen LogP contribution in [-0.2, 0) is 5.41 Å². The zero-order valence-corrected chi connectivity index (χ0v) is 58.5. The molecule has 8 aromatic rings. The normalized spacial score (nSPS) is 11.3. The lowest BCUT2D eigenvalue weighted by molar-refractivity contribution is 0.312. The zero-order chi connectivity index (χ0) is 65.3. The standard InChI is InChI=1S/C41H52O4.C40H50O4/c1-13-15-42-37-29(7)21-35(22-30(37)8)44-39-25(3)17-33(18-26(39)4)41(11,12)34-19-27(5)40(28(6)20-34)45-36-23-31(9)38(32(10)24-36)43-16-14-2;1-13-15-41-37-23(3)17-33(18-24(37)4)43-39-27(7)21-35(29(9)31(39)11)36-22-28(8)40(32(12)30(36)10)44-34-19-25(5)38(26(6)20-34)42-16-14-2/h17-24H,13-16H2,1-12H3;17-22H,13-16H2,1-12H3. The monoisotopic (exact) mass is 1200 g/mol. The smallest absolute Gasteiger partial charge is 0.133 e. The van der Waals surface area contributed by atoms with Crippen LogP contribution >= 0.6 is 0 Å². The van der Waals surface area contributed by atoms with E-state index in [1.165, 1.54) is 33.4 Å². The van der Waals surface area contributed by atoms with Crippen LogP contribution in [0.1, 0.15) is 178 Å². The molecule has 0 N–H and O–H groups in total. The number of ether oxygens (including phenoxy) is 8. The van der Waals surface area contributed by atoms with E-state index >= 15 is 0 Å². The number of benzene rings is 8. The molecular formula is C81H102O8. The average molecular weight is 1200 g/mol. The number of rotatable bonds is 23. The van der Waals surface area contributed by atoms with Gasteiger partial charge in [-0.1, -0.05) is 65.8 Å². The minimum Gasteiger partial charge on any atom is -0.493 e. The molecule has 8 aromatic carbocycles. The van der Waals surface area contributed by atoms with E-state index in [9.17, 15) is 0 Å². The van der Waals surface area contributed by atoms with Crippen molar-refractivity contribution in [2.75, 3.05) is 26.4 Å². The molecule has 8 rings (SSSR count). The molecule has 0 saturated heterocycles. The molecule has 0 aromatic heterocycles. The van der Waals surface area contributed by atoms with Crippen LogP contribution < -0.4 is 37.9 Å². The quantitative estimate of drug-likeness (QED) is 0.0627. The van der Waals surface area contributed by atoms with Crippen LogP contribution in [-0.4, -0.2) is 26.4 Å². The van der Waals surface area contributed by atoms with E-state index < -0.39 is 0 Å². The van der Waals surface area contributed by atoms with E-state index in [4.69, 9.17) is 37.9 Å². The van der Waals surface area contributed by atoms with E-state index in [1.807, 2.05) is 0 Å². The first-order valence-corrected chi connectivity index (χ1v) is 32.3. The van der Waals surface area contributed by atoms with Crippen LogP contribution in [0, 0.1) is 125 Å². The van der Waals surface area contributed by atoms with E-state index in [0.717, 1.165) is 184 Å². The molecule has 0 heterocycles. The molecule has 0 spiro atoms. The van der Waals surface area contributed by atoms with Crippen molar-refractivity contribution < 1.29 is 37.9 Å². The van der Waals surface area contributed by atoms with E-state index in [2.05, 4.69) is 251 Å². The fourth-order valence-corrected chi connectivity index (χ4v) is 12.2. The van der Waals surface area contributed by atoms with Crippen molar-refractivity contribution in [2.24, 2.45) is 0 Å². The second kappa shape index (κ2) is 29.6.